The SMILES string of the molecule is CCC(=O)Nc1ccc(Cl)c(C(=O)Nc2nc(SC)nc(-c3ccccn3)n2)c1. The first-order chi connectivity index (χ1) is 14.0. The molecule has 0 spiro atoms. The number of nitrogens with one attached hydrogen (secondary N) is 2. The monoisotopic (exact) mass is 428 g/mol. The molecule has 0 fully saturated rings. The van der Waals surface area contributed by atoms with Gasteiger partial charge in [0.25, 0.3) is 5.91 Å². The normalized spacial score (nSPS) is 10.4. The molecule has 2 N–H and O–H groups in total. The van der Waals surface area contributed by atoms with E-state index in [0.717, 1.165) is 0 Å². The van der Waals surface area contributed by atoms with Crippen LogP contribution in [0.1, 0.15) is 23.7 Å². The van der Waals surface area contributed by atoms with Crippen LogP contribution in [0.2, 0.25) is 5.02 Å². The van der Waals surface area contributed by atoms with Gasteiger partial charge in [-0.3, -0.25) is 19.9 Å². The van der Waals surface area contributed by atoms with Crippen LogP contribution in [0.4, 0.5) is 11.6 Å². The van der Waals surface area contributed by atoms with Gasteiger partial charge in [0.15, 0.2) is 11.0 Å². The highest BCUT2D eigenvalue weighted by Crippen LogP contribution is 2.23. The van der Waals surface area contributed by atoms with Crippen LogP contribution in [0.25, 0.3) is 11.5 Å². The summed E-state index contributed by atoms with van der Waals surface area (Å²) in [6.07, 6.45) is 3.77. The van der Waals surface area contributed by atoms with Crippen molar-refractivity contribution in [3.05, 3.63) is 53.2 Å². The van der Waals surface area contributed by atoms with Crippen LogP contribution >= 0.6 is 23.4 Å². The van der Waals surface area contributed by atoms with E-state index in [4.69, 9.17) is 11.6 Å². The molecule has 0 saturated heterocycles. The number of pyridine rings is 1. The van der Waals surface area contributed by atoms with Crippen molar-refractivity contribution in [1.29, 1.82) is 0 Å². The van der Waals surface area contributed by atoms with Gasteiger partial charge in [-0.15, -0.1) is 0 Å². The number of hydrogen-bond donors (Lipinski definition) is 2. The number of carbonyl (C=O) groups is 2. The molecule has 10 heteroatoms. The summed E-state index contributed by atoms with van der Waals surface area (Å²) in [6.45, 7) is 1.74. The maximum atomic E-state index is 12.8. The number of benzene rings is 1. The van der Waals surface area contributed by atoms with Gasteiger partial charge >= 0.3 is 0 Å². The second-order valence-electron chi connectivity index (χ2n) is 5.73. The Hall–Kier alpha value is -3.04. The minimum absolute atomic E-state index is 0.0778. The zero-order chi connectivity index (χ0) is 20.8. The minimum atomic E-state index is -0.507. The molecule has 29 heavy (non-hydrogen) atoms. The lowest BCUT2D eigenvalue weighted by atomic mass is 10.2. The maximum Gasteiger partial charge on any atom is 0.259 e. The van der Waals surface area contributed by atoms with Gasteiger partial charge in [-0.05, 0) is 36.6 Å². The van der Waals surface area contributed by atoms with E-state index in [2.05, 4.69) is 30.6 Å². The van der Waals surface area contributed by atoms with E-state index in [1.807, 2.05) is 12.3 Å². The van der Waals surface area contributed by atoms with Crippen molar-refractivity contribution in [2.75, 3.05) is 16.9 Å². The summed E-state index contributed by atoms with van der Waals surface area (Å²) >= 11 is 7.49. The van der Waals surface area contributed by atoms with Gasteiger partial charge in [-0.1, -0.05) is 36.4 Å². The molecule has 3 aromatic rings. The summed E-state index contributed by atoms with van der Waals surface area (Å²) < 4.78 is 0. The Morgan fingerprint density at radius 3 is 2.62 bits per heavy atom. The van der Waals surface area contributed by atoms with Crippen molar-refractivity contribution in [2.45, 2.75) is 18.5 Å². The number of rotatable bonds is 6. The molecular formula is C19H17ClN6O2S. The van der Waals surface area contributed by atoms with Crippen LogP contribution in [0.3, 0.4) is 0 Å². The molecule has 0 aliphatic rings. The molecule has 1 aromatic carbocycles. The predicted molar refractivity (Wildman–Crippen MR) is 113 cm³/mol. The van der Waals surface area contributed by atoms with Crippen LogP contribution in [0, 0.1) is 0 Å². The molecule has 8 nitrogen and oxygen atoms in total. The fourth-order valence-electron chi connectivity index (χ4n) is 2.31. The van der Waals surface area contributed by atoms with Gasteiger partial charge in [-0.2, -0.15) is 9.97 Å². The number of amides is 2. The Labute approximate surface area is 176 Å². The molecule has 0 atom stereocenters. The fraction of sp³-hybridized carbons (Fsp3) is 0.158. The second kappa shape index (κ2) is 9.44. The molecule has 2 amide bonds. The van der Waals surface area contributed by atoms with Gasteiger partial charge < -0.3 is 5.32 Å². The van der Waals surface area contributed by atoms with Gasteiger partial charge in [0, 0.05) is 18.3 Å². The van der Waals surface area contributed by atoms with Crippen molar-refractivity contribution in [1.82, 2.24) is 19.9 Å². The fourth-order valence-corrected chi connectivity index (χ4v) is 2.87. The molecule has 0 unspecified atom stereocenters. The van der Waals surface area contributed by atoms with E-state index in [9.17, 15) is 9.59 Å². The third-order valence-electron chi connectivity index (χ3n) is 3.73. The number of halogens is 1. The molecule has 0 radical (unpaired) electrons. The average molecular weight is 429 g/mol. The highest BCUT2D eigenvalue weighted by Gasteiger charge is 2.16. The number of anilines is 2. The Kier molecular flexibility index (Phi) is 6.73. The van der Waals surface area contributed by atoms with E-state index in [0.29, 0.717) is 28.8 Å². The highest BCUT2D eigenvalue weighted by molar-refractivity contribution is 7.98. The standard InChI is InChI=1S/C19H17ClN6O2S/c1-3-15(27)22-11-7-8-13(20)12(10-11)17(28)25-18-23-16(24-19(26-18)29-2)14-6-4-5-9-21-14/h4-10H,3H2,1-2H3,(H,22,27)(H,23,24,25,26,28). The van der Waals surface area contributed by atoms with Crippen LogP contribution in [-0.2, 0) is 4.79 Å². The van der Waals surface area contributed by atoms with Crippen molar-refractivity contribution >= 4 is 46.8 Å². The lowest BCUT2D eigenvalue weighted by molar-refractivity contribution is -0.115. The van der Waals surface area contributed by atoms with Gasteiger partial charge in [-0.25, -0.2) is 4.98 Å². The zero-order valence-electron chi connectivity index (χ0n) is 15.6. The molecule has 2 heterocycles. The first-order valence-electron chi connectivity index (χ1n) is 8.62. The quantitative estimate of drug-likeness (QED) is 0.572. The third-order valence-corrected chi connectivity index (χ3v) is 4.61. The van der Waals surface area contributed by atoms with Crippen molar-refractivity contribution in [3.8, 4) is 11.5 Å². The van der Waals surface area contributed by atoms with Crippen molar-refractivity contribution in [2.24, 2.45) is 0 Å². The molecule has 0 aliphatic carbocycles. The van der Waals surface area contributed by atoms with Crippen molar-refractivity contribution < 1.29 is 9.59 Å². The topological polar surface area (TPSA) is 110 Å². The zero-order valence-corrected chi connectivity index (χ0v) is 17.2. The third kappa shape index (κ3) is 5.27. The van der Waals surface area contributed by atoms with Crippen LogP contribution in [0.15, 0.2) is 47.8 Å². The molecule has 3 rings (SSSR count). The Morgan fingerprint density at radius 1 is 1.10 bits per heavy atom. The van der Waals surface area contributed by atoms with E-state index in [1.54, 1.807) is 37.4 Å². The van der Waals surface area contributed by atoms with Crippen LogP contribution in [-0.4, -0.2) is 38.0 Å². The van der Waals surface area contributed by atoms with Gasteiger partial charge in [0.05, 0.1) is 10.6 Å². The number of nitrogens with zero attached hydrogens (tertiary/aromatic N) is 4. The number of thioether (sulfide) groups is 1. The number of aromatic nitrogens is 4. The van der Waals surface area contributed by atoms with E-state index >= 15 is 0 Å². The number of hydrogen-bond acceptors (Lipinski definition) is 7. The summed E-state index contributed by atoms with van der Waals surface area (Å²) in [5.74, 6) is -0.252. The smallest absolute Gasteiger partial charge is 0.259 e. The molecular weight excluding hydrogens is 412 g/mol. The van der Waals surface area contributed by atoms with E-state index < -0.39 is 5.91 Å². The molecule has 148 valence electrons. The summed E-state index contributed by atoms with van der Waals surface area (Å²) in [4.78, 5) is 41.4. The largest absolute Gasteiger partial charge is 0.326 e. The Bertz CT molecular complexity index is 1050. The molecule has 0 bridgehead atoms. The summed E-state index contributed by atoms with van der Waals surface area (Å²) in [5, 5.41) is 6.01. The van der Waals surface area contributed by atoms with Crippen molar-refractivity contribution in [3.63, 3.8) is 0 Å². The van der Waals surface area contributed by atoms with E-state index in [1.165, 1.54) is 17.8 Å². The summed E-state index contributed by atoms with van der Waals surface area (Å²) in [7, 11) is 0. The highest BCUT2D eigenvalue weighted by atomic mass is 35.5. The minimum Gasteiger partial charge on any atom is -0.326 e. The summed E-state index contributed by atoms with van der Waals surface area (Å²) in [6, 6.07) is 10.0. The Balaban J connectivity index is 1.89. The van der Waals surface area contributed by atoms with Crippen LogP contribution < -0.4 is 10.6 Å². The summed E-state index contributed by atoms with van der Waals surface area (Å²) in [5.41, 5.74) is 1.22. The van der Waals surface area contributed by atoms with Crippen LogP contribution in [0.5, 0.6) is 0 Å². The predicted octanol–water partition coefficient (Wildman–Crippen LogP) is 3.91. The first-order valence-corrected chi connectivity index (χ1v) is 10.2. The van der Waals surface area contributed by atoms with Gasteiger partial charge in [0.1, 0.15) is 5.69 Å². The first kappa shape index (κ1) is 20.7. The molecule has 2 aromatic heterocycles. The lowest BCUT2D eigenvalue weighted by Crippen LogP contribution is -2.17. The number of carbonyl (C=O) groups excluding carboxylic acids is 2. The average Bonchev–Trinajstić information content (AvgIpc) is 2.75. The van der Waals surface area contributed by atoms with E-state index in [-0.39, 0.29) is 22.4 Å². The molecule has 0 saturated carbocycles. The second-order valence-corrected chi connectivity index (χ2v) is 6.92. The molecule has 0 aliphatic heterocycles. The lowest BCUT2D eigenvalue weighted by Gasteiger charge is -2.10. The van der Waals surface area contributed by atoms with Gasteiger partial charge in [0.2, 0.25) is 11.9 Å². The Morgan fingerprint density at radius 2 is 1.93 bits per heavy atom. The maximum absolute atomic E-state index is 12.8.